The first-order valence-electron chi connectivity index (χ1n) is 27.3. The van der Waals surface area contributed by atoms with Gasteiger partial charge in [-0.2, -0.15) is 0 Å². The summed E-state index contributed by atoms with van der Waals surface area (Å²) in [4.78, 5) is 77.8. The number of nitrogens with two attached hydrogens (primary N) is 1. The number of azide groups is 1. The van der Waals surface area contributed by atoms with Gasteiger partial charge in [-0.25, -0.2) is 9.69 Å². The standard InChI is InChI=1S/C31H40N4O3.C30H42N2O2/c1-26(2)21-9-10-30(6)22(29(21,5)17-19(33-8)24(26)37)15-20(36)23-18-16-28(4,25(38)34-35-32)12-11-27(18,3)13-14-31(23,30)7;1-25(2)21-9-10-29(6)22(28(21,5)17-19(32-8)24(25)34)15-20(33)23-18-16-27(4,31)13-11-26(18,3)12-14-30(23,29)7/h15,17-18,21,23H,9-14,16H2,1-7H3;15,17-18,21,23H,9-14,16,31H2,1-7H3/t18-,21-,23-,27+,28-,29-,30+,31+;18-,21-,23-,26+,27-,28-,29+,30+/m00/s1. The van der Waals surface area contributed by atoms with Gasteiger partial charge in [0.25, 0.3) is 0 Å². The highest BCUT2D eigenvalue weighted by Gasteiger charge is 2.71. The summed E-state index contributed by atoms with van der Waals surface area (Å²) >= 11 is 0. The van der Waals surface area contributed by atoms with Gasteiger partial charge in [-0.05, 0) is 176 Å². The quantitative estimate of drug-likeness (QED) is 0.119. The van der Waals surface area contributed by atoms with Crippen LogP contribution in [0.2, 0.25) is 0 Å². The van der Waals surface area contributed by atoms with E-state index in [1.165, 1.54) is 5.57 Å². The van der Waals surface area contributed by atoms with Crippen molar-refractivity contribution in [1.29, 1.82) is 0 Å². The van der Waals surface area contributed by atoms with Crippen LogP contribution in [-0.2, 0) is 24.0 Å². The van der Waals surface area contributed by atoms with Crippen LogP contribution in [-0.4, -0.2) is 34.6 Å². The number of rotatable bonds is 1. The second kappa shape index (κ2) is 15.8. The summed E-state index contributed by atoms with van der Waals surface area (Å²) in [6.07, 6.45) is 20.6. The number of hydrogen-bond donors (Lipinski definition) is 1. The molecule has 6 fully saturated rings. The molecule has 0 heterocycles. The van der Waals surface area contributed by atoms with Crippen molar-refractivity contribution in [2.24, 2.45) is 106 Å². The minimum absolute atomic E-state index is 0.00845. The SMILES string of the molecule is [C-]#[N+]C1=C[C@]2(C)C3=CC(=O)[C@@H]4[C@@H]5C[C@@](C)(C(=O)N=[N+]=[N-])CC[C@]5(C)CC[C@@]4(C)[C@]3(C)CC[C@H]2C(C)(C)C1=O.[C-]#[N+]C1=C[C@]2(C)C3=CC(=O)[C@@H]4[C@@H]5C[C@@](C)(N)CC[C@]5(C)CC[C@@]4(C)[C@]3(C)CC[C@H]2C(C)(C)C1=O. The number of hydrogen-bond acceptors (Lipinski definition) is 6. The highest BCUT2D eigenvalue weighted by molar-refractivity contribution is 6.04. The van der Waals surface area contributed by atoms with Gasteiger partial charge in [-0.3, -0.25) is 14.4 Å². The normalized spacial score (nSPS) is 49.2. The summed E-state index contributed by atoms with van der Waals surface area (Å²) in [5, 5.41) is 3.48. The van der Waals surface area contributed by atoms with E-state index in [2.05, 4.69) is 82.0 Å². The Morgan fingerprint density at radius 2 is 0.972 bits per heavy atom. The lowest BCUT2D eigenvalue weighted by molar-refractivity contribution is -0.171. The van der Waals surface area contributed by atoms with Crippen LogP contribution in [0.5, 0.6) is 0 Å². The number of amides is 1. The van der Waals surface area contributed by atoms with Crippen molar-refractivity contribution in [3.05, 3.63) is 80.1 Å². The molecule has 0 bridgehead atoms. The van der Waals surface area contributed by atoms with Crippen molar-refractivity contribution in [1.82, 2.24) is 0 Å². The van der Waals surface area contributed by atoms with Crippen molar-refractivity contribution in [3.63, 3.8) is 0 Å². The second-order valence-electron chi connectivity index (χ2n) is 29.1. The molecule has 11 nitrogen and oxygen atoms in total. The zero-order valence-electron chi connectivity index (χ0n) is 46.0. The van der Waals surface area contributed by atoms with Crippen LogP contribution in [0.1, 0.15) is 187 Å². The molecule has 0 aromatic carbocycles. The molecular formula is C61H82N6O5. The molecule has 0 unspecified atom stereocenters. The predicted octanol–water partition coefficient (Wildman–Crippen LogP) is 13.7. The molecular weight excluding hydrogens is 897 g/mol. The summed E-state index contributed by atoms with van der Waals surface area (Å²) in [6, 6.07) is 0. The molecule has 10 aliphatic rings. The lowest BCUT2D eigenvalue weighted by Crippen LogP contribution is -2.65. The van der Waals surface area contributed by atoms with E-state index in [4.69, 9.17) is 24.4 Å². The highest BCUT2D eigenvalue weighted by atomic mass is 16.2. The number of nitrogens with zero attached hydrogens (tertiary/aromatic N) is 5. The number of carbonyl (C=O) groups excluding carboxylic acids is 5. The molecule has 0 spiro atoms. The lowest BCUT2D eigenvalue weighted by Gasteiger charge is -2.69. The lowest BCUT2D eigenvalue weighted by atomic mass is 9.34. The van der Waals surface area contributed by atoms with Crippen LogP contribution in [0, 0.1) is 108 Å². The third kappa shape index (κ3) is 6.66. The average Bonchev–Trinajstić information content (AvgIpc) is 3.29. The fourth-order valence-corrected chi connectivity index (χ4v) is 19.8. The van der Waals surface area contributed by atoms with Gasteiger partial charge in [0.1, 0.15) is 0 Å². The summed E-state index contributed by atoms with van der Waals surface area (Å²) in [5.74, 6) is 0.0355. The molecule has 2 N–H and O–H groups in total. The Morgan fingerprint density at radius 1 is 0.583 bits per heavy atom. The maximum absolute atomic E-state index is 14.3. The Labute approximate surface area is 429 Å². The molecule has 6 saturated carbocycles. The van der Waals surface area contributed by atoms with E-state index in [0.717, 1.165) is 82.6 Å². The van der Waals surface area contributed by atoms with Crippen molar-refractivity contribution >= 4 is 29.0 Å². The summed E-state index contributed by atoms with van der Waals surface area (Å²) in [5.41, 5.74) is 14.3. The smallest absolute Gasteiger partial charge is 0.226 e. The van der Waals surface area contributed by atoms with Crippen LogP contribution in [0.3, 0.4) is 0 Å². The molecule has 386 valence electrons. The van der Waals surface area contributed by atoms with Crippen molar-refractivity contribution in [2.45, 2.75) is 192 Å². The molecule has 10 aliphatic carbocycles. The largest absolute Gasteiger partial charge is 0.325 e. The van der Waals surface area contributed by atoms with Crippen LogP contribution >= 0.6 is 0 Å². The number of Topliss-reactive ketones (excluding diaryl/α,β-unsaturated/α-hetero) is 2. The molecule has 11 heteroatoms. The average molecular weight is 979 g/mol. The molecule has 72 heavy (non-hydrogen) atoms. The first kappa shape index (κ1) is 52.4. The van der Waals surface area contributed by atoms with Crippen molar-refractivity contribution < 1.29 is 24.0 Å². The highest BCUT2D eigenvalue weighted by Crippen LogP contribution is 2.76. The number of ketones is 4. The zero-order chi connectivity index (χ0) is 53.2. The van der Waals surface area contributed by atoms with Gasteiger partial charge in [-0.15, -0.1) is 0 Å². The van der Waals surface area contributed by atoms with Crippen LogP contribution in [0.4, 0.5) is 0 Å². The van der Waals surface area contributed by atoms with Crippen LogP contribution < -0.4 is 5.73 Å². The van der Waals surface area contributed by atoms with Gasteiger partial charge >= 0.3 is 0 Å². The number of fused-ring (bicyclic) bond motifs is 14. The Hall–Kier alpha value is -4.44. The first-order valence-corrected chi connectivity index (χ1v) is 27.3. The summed E-state index contributed by atoms with van der Waals surface area (Å²) < 4.78 is 0. The molecule has 0 aromatic rings. The fourth-order valence-electron chi connectivity index (χ4n) is 19.8. The van der Waals surface area contributed by atoms with E-state index < -0.39 is 33.0 Å². The zero-order valence-corrected chi connectivity index (χ0v) is 46.0. The minimum atomic E-state index is -0.759. The minimum Gasteiger partial charge on any atom is -0.325 e. The summed E-state index contributed by atoms with van der Waals surface area (Å²) in [6.45, 7) is 45.8. The number of allylic oxidation sites excluding steroid dienone is 8. The summed E-state index contributed by atoms with van der Waals surface area (Å²) in [7, 11) is 0. The first-order chi connectivity index (χ1) is 33.1. The third-order valence-corrected chi connectivity index (χ3v) is 24.8. The number of carbonyl (C=O) groups is 5. The Balaban J connectivity index is 0.000000179. The van der Waals surface area contributed by atoms with Gasteiger partial charge in [0.05, 0.1) is 13.1 Å². The molecule has 0 saturated heterocycles. The van der Waals surface area contributed by atoms with Gasteiger partial charge in [0, 0.05) is 49.4 Å². The monoisotopic (exact) mass is 979 g/mol. The Bertz CT molecular complexity index is 2770. The fraction of sp³-hybridized carbons (Fsp3) is 0.754. The maximum atomic E-state index is 14.3. The van der Waals surface area contributed by atoms with E-state index in [0.29, 0.717) is 18.8 Å². The van der Waals surface area contributed by atoms with E-state index in [-0.39, 0.29) is 102 Å². The van der Waals surface area contributed by atoms with Gasteiger partial charge in [-0.1, -0.05) is 113 Å². The Kier molecular flexibility index (Phi) is 11.5. The van der Waals surface area contributed by atoms with Gasteiger partial charge in [0.2, 0.25) is 17.3 Å². The predicted molar refractivity (Wildman–Crippen MR) is 278 cm³/mol. The molecule has 16 atom stereocenters. The van der Waals surface area contributed by atoms with Gasteiger partial charge in [0.15, 0.2) is 23.1 Å². The molecule has 0 aliphatic heterocycles. The van der Waals surface area contributed by atoms with Gasteiger partial charge < -0.3 is 15.3 Å². The molecule has 0 aromatic heterocycles. The molecule has 1 amide bonds. The topological polar surface area (TPSA) is 169 Å². The van der Waals surface area contributed by atoms with E-state index in [1.54, 1.807) is 0 Å². The van der Waals surface area contributed by atoms with Crippen molar-refractivity contribution in [3.8, 4) is 0 Å². The van der Waals surface area contributed by atoms with E-state index in [9.17, 15) is 24.0 Å². The van der Waals surface area contributed by atoms with E-state index in [1.807, 2.05) is 58.9 Å². The molecule has 10 rings (SSSR count). The van der Waals surface area contributed by atoms with Crippen LogP contribution in [0.15, 0.2) is 52.0 Å². The van der Waals surface area contributed by atoms with E-state index >= 15 is 0 Å². The van der Waals surface area contributed by atoms with Crippen LogP contribution in [0.25, 0.3) is 20.1 Å². The second-order valence-corrected chi connectivity index (χ2v) is 29.1. The third-order valence-electron chi connectivity index (χ3n) is 24.8. The maximum Gasteiger partial charge on any atom is 0.226 e. The molecule has 0 radical (unpaired) electrons. The van der Waals surface area contributed by atoms with Crippen molar-refractivity contribution in [2.75, 3.05) is 0 Å². The Morgan fingerprint density at radius 3 is 1.38 bits per heavy atom.